The van der Waals surface area contributed by atoms with Gasteiger partial charge in [-0.15, -0.1) is 0 Å². The molecule has 0 amide bonds. The Morgan fingerprint density at radius 3 is 3.00 bits per heavy atom. The van der Waals surface area contributed by atoms with E-state index in [0.717, 1.165) is 12.2 Å². The molecule has 1 heterocycles. The smallest absolute Gasteiger partial charge is 0.319 e. The number of rotatable bonds is 8. The van der Waals surface area contributed by atoms with Crippen LogP contribution in [0.15, 0.2) is 11.2 Å². The van der Waals surface area contributed by atoms with Gasteiger partial charge >= 0.3 is 5.69 Å². The summed E-state index contributed by atoms with van der Waals surface area (Å²) in [6, 6.07) is 0. The highest BCUT2D eigenvalue weighted by atomic mass is 32.2. The number of ether oxygens (including phenoxy) is 1. The monoisotopic (exact) mass is 272 g/mol. The Kier molecular flexibility index (Phi) is 6.37. The molecule has 0 unspecified atom stereocenters. The van der Waals surface area contributed by atoms with Crippen LogP contribution in [0, 0.1) is 10.1 Å². The molecule has 0 aromatic carbocycles. The van der Waals surface area contributed by atoms with Crippen LogP contribution in [0.25, 0.3) is 0 Å². The third-order valence-corrected chi connectivity index (χ3v) is 3.07. The summed E-state index contributed by atoms with van der Waals surface area (Å²) >= 11 is 1.34. The van der Waals surface area contributed by atoms with Gasteiger partial charge in [-0.1, -0.05) is 11.8 Å². The highest BCUT2D eigenvalue weighted by molar-refractivity contribution is 7.99. The number of thioether (sulfide) groups is 1. The van der Waals surface area contributed by atoms with Crippen molar-refractivity contribution in [1.29, 1.82) is 0 Å². The van der Waals surface area contributed by atoms with E-state index in [-0.39, 0.29) is 5.69 Å². The standard InChI is InChI=1S/C10H16N4O3S/c1-3-11-10-12-7-8(14(15)16)9(13-10)18-6-4-5-17-2/h7H,3-6H2,1-2H3,(H,11,12,13). The quantitative estimate of drug-likeness (QED) is 0.254. The Labute approximate surface area is 109 Å². The molecule has 1 aromatic rings. The number of hydrogen-bond donors (Lipinski definition) is 1. The molecule has 8 heteroatoms. The third kappa shape index (κ3) is 4.46. The van der Waals surface area contributed by atoms with E-state index in [9.17, 15) is 10.1 Å². The van der Waals surface area contributed by atoms with Crippen LogP contribution in [0.3, 0.4) is 0 Å². The second kappa shape index (κ2) is 7.83. The molecular weight excluding hydrogens is 256 g/mol. The van der Waals surface area contributed by atoms with Gasteiger partial charge in [0.15, 0.2) is 5.03 Å². The molecule has 0 spiro atoms. The molecular formula is C10H16N4O3S. The van der Waals surface area contributed by atoms with E-state index in [4.69, 9.17) is 4.74 Å². The van der Waals surface area contributed by atoms with E-state index < -0.39 is 4.92 Å². The summed E-state index contributed by atoms with van der Waals surface area (Å²) in [5, 5.41) is 14.2. The highest BCUT2D eigenvalue weighted by Gasteiger charge is 2.17. The summed E-state index contributed by atoms with van der Waals surface area (Å²) in [6.45, 7) is 3.22. The zero-order valence-corrected chi connectivity index (χ0v) is 11.2. The lowest BCUT2D eigenvalue weighted by Gasteiger charge is -2.05. The van der Waals surface area contributed by atoms with Gasteiger partial charge in [0.2, 0.25) is 5.95 Å². The fourth-order valence-corrected chi connectivity index (χ4v) is 2.09. The van der Waals surface area contributed by atoms with Crippen molar-refractivity contribution in [2.75, 3.05) is 31.3 Å². The first kappa shape index (κ1) is 14.7. The molecule has 0 radical (unpaired) electrons. The Balaban J connectivity index is 2.76. The molecule has 0 aliphatic rings. The molecule has 1 rings (SSSR count). The summed E-state index contributed by atoms with van der Waals surface area (Å²) in [7, 11) is 1.63. The second-order valence-corrected chi connectivity index (χ2v) is 4.45. The lowest BCUT2D eigenvalue weighted by molar-refractivity contribution is -0.388. The molecule has 1 N–H and O–H groups in total. The molecule has 0 atom stereocenters. The maximum Gasteiger partial charge on any atom is 0.319 e. The number of methoxy groups -OCH3 is 1. The first-order valence-electron chi connectivity index (χ1n) is 5.56. The van der Waals surface area contributed by atoms with Gasteiger partial charge in [0.05, 0.1) is 4.92 Å². The van der Waals surface area contributed by atoms with Crippen LogP contribution in [-0.4, -0.2) is 40.9 Å². The van der Waals surface area contributed by atoms with Gasteiger partial charge in [-0.3, -0.25) is 10.1 Å². The fraction of sp³-hybridized carbons (Fsp3) is 0.600. The van der Waals surface area contributed by atoms with E-state index in [1.807, 2.05) is 6.92 Å². The van der Waals surface area contributed by atoms with Crippen molar-refractivity contribution in [3.8, 4) is 0 Å². The number of anilines is 1. The van der Waals surface area contributed by atoms with Gasteiger partial charge in [0, 0.05) is 26.0 Å². The van der Waals surface area contributed by atoms with Crippen molar-refractivity contribution in [2.24, 2.45) is 0 Å². The van der Waals surface area contributed by atoms with Crippen LogP contribution in [0.2, 0.25) is 0 Å². The van der Waals surface area contributed by atoms with E-state index in [1.165, 1.54) is 18.0 Å². The van der Waals surface area contributed by atoms with Gasteiger partial charge in [-0.05, 0) is 13.3 Å². The van der Waals surface area contributed by atoms with Crippen LogP contribution in [0.1, 0.15) is 13.3 Å². The molecule has 0 bridgehead atoms. The average molecular weight is 272 g/mol. The van der Waals surface area contributed by atoms with Crippen LogP contribution in [0.5, 0.6) is 0 Å². The number of nitrogens with zero attached hydrogens (tertiary/aromatic N) is 3. The minimum atomic E-state index is -0.464. The van der Waals surface area contributed by atoms with Crippen LogP contribution >= 0.6 is 11.8 Å². The topological polar surface area (TPSA) is 90.2 Å². The first-order chi connectivity index (χ1) is 8.69. The van der Waals surface area contributed by atoms with E-state index in [1.54, 1.807) is 7.11 Å². The number of hydrogen-bond acceptors (Lipinski definition) is 7. The lowest BCUT2D eigenvalue weighted by atomic mass is 10.5. The zero-order chi connectivity index (χ0) is 13.4. The predicted octanol–water partition coefficient (Wildman–Crippen LogP) is 1.95. The first-order valence-corrected chi connectivity index (χ1v) is 6.54. The predicted molar refractivity (Wildman–Crippen MR) is 70.1 cm³/mol. The van der Waals surface area contributed by atoms with Crippen molar-refractivity contribution in [2.45, 2.75) is 18.4 Å². The van der Waals surface area contributed by atoms with Crippen molar-refractivity contribution in [3.63, 3.8) is 0 Å². The molecule has 0 aliphatic heterocycles. The minimum Gasteiger partial charge on any atom is -0.385 e. The molecule has 0 aliphatic carbocycles. The highest BCUT2D eigenvalue weighted by Crippen LogP contribution is 2.27. The van der Waals surface area contributed by atoms with Crippen molar-refractivity contribution < 1.29 is 9.66 Å². The summed E-state index contributed by atoms with van der Waals surface area (Å²) < 4.78 is 4.93. The van der Waals surface area contributed by atoms with Crippen molar-refractivity contribution in [3.05, 3.63) is 16.3 Å². The Bertz CT molecular complexity index is 403. The Morgan fingerprint density at radius 1 is 1.61 bits per heavy atom. The second-order valence-electron chi connectivity index (χ2n) is 3.37. The molecule has 100 valence electrons. The third-order valence-electron chi connectivity index (χ3n) is 2.00. The summed E-state index contributed by atoms with van der Waals surface area (Å²) in [5.74, 6) is 1.13. The van der Waals surface area contributed by atoms with Crippen LogP contribution in [-0.2, 0) is 4.74 Å². The van der Waals surface area contributed by atoms with E-state index in [2.05, 4.69) is 15.3 Å². The van der Waals surface area contributed by atoms with E-state index in [0.29, 0.717) is 24.1 Å². The molecule has 0 saturated heterocycles. The normalized spacial score (nSPS) is 10.3. The molecule has 1 aromatic heterocycles. The summed E-state index contributed by atoms with van der Waals surface area (Å²) in [6.07, 6.45) is 2.06. The Hall–Kier alpha value is -1.41. The largest absolute Gasteiger partial charge is 0.385 e. The number of aromatic nitrogens is 2. The van der Waals surface area contributed by atoms with Gasteiger partial charge in [0.25, 0.3) is 0 Å². The lowest BCUT2D eigenvalue weighted by Crippen LogP contribution is -2.04. The maximum absolute atomic E-state index is 10.8. The maximum atomic E-state index is 10.8. The molecule has 0 saturated carbocycles. The van der Waals surface area contributed by atoms with Crippen molar-refractivity contribution >= 4 is 23.4 Å². The van der Waals surface area contributed by atoms with Crippen molar-refractivity contribution in [1.82, 2.24) is 9.97 Å². The fourth-order valence-electron chi connectivity index (χ4n) is 1.21. The SMILES string of the molecule is CCNc1ncc([N+](=O)[O-])c(SCCCOC)n1. The summed E-state index contributed by atoms with van der Waals surface area (Å²) in [5.41, 5.74) is -0.0564. The minimum absolute atomic E-state index is 0.0564. The average Bonchev–Trinajstić information content (AvgIpc) is 2.35. The van der Waals surface area contributed by atoms with Gasteiger partial charge < -0.3 is 10.1 Å². The van der Waals surface area contributed by atoms with Gasteiger partial charge in [-0.25, -0.2) is 4.98 Å². The van der Waals surface area contributed by atoms with Gasteiger partial charge in [0.1, 0.15) is 6.20 Å². The molecule has 0 fully saturated rings. The van der Waals surface area contributed by atoms with Crippen LogP contribution < -0.4 is 5.32 Å². The summed E-state index contributed by atoms with van der Waals surface area (Å²) in [4.78, 5) is 18.4. The van der Waals surface area contributed by atoms with Gasteiger partial charge in [-0.2, -0.15) is 4.98 Å². The van der Waals surface area contributed by atoms with E-state index >= 15 is 0 Å². The zero-order valence-electron chi connectivity index (χ0n) is 10.4. The van der Waals surface area contributed by atoms with Crippen LogP contribution in [0.4, 0.5) is 11.6 Å². The number of nitrogens with one attached hydrogen (secondary N) is 1. The Morgan fingerprint density at radius 2 is 2.39 bits per heavy atom. The number of nitro groups is 1. The molecule has 18 heavy (non-hydrogen) atoms. The molecule has 7 nitrogen and oxygen atoms in total.